The molecule has 3 atom stereocenters. The zero-order chi connectivity index (χ0) is 17.4. The molecule has 0 aliphatic carbocycles. The number of alkyl halides is 3. The first-order chi connectivity index (χ1) is 11.3. The van der Waals surface area contributed by atoms with E-state index < -0.39 is 17.9 Å². The first-order valence-corrected chi connectivity index (χ1v) is 7.68. The van der Waals surface area contributed by atoms with Gasteiger partial charge in [0.25, 0.3) is 0 Å². The van der Waals surface area contributed by atoms with E-state index in [1.165, 1.54) is 0 Å². The standard InChI is InChI=1S/C16H18F3NO4/c1-22-11-2-4-12(5-3-11)23-13-8-10-6-7-15(9-13,20-10)24-14(21)16(17,18)19/h2-5,10,13,20H,6-9H2,1H3. The topological polar surface area (TPSA) is 56.8 Å². The molecular weight excluding hydrogens is 327 g/mol. The van der Waals surface area contributed by atoms with E-state index in [0.717, 1.165) is 0 Å². The molecule has 1 N–H and O–H groups in total. The fraction of sp³-hybridized carbons (Fsp3) is 0.562. The Bertz CT molecular complexity index is 604. The van der Waals surface area contributed by atoms with Crippen molar-refractivity contribution in [1.29, 1.82) is 0 Å². The molecule has 8 heteroatoms. The summed E-state index contributed by atoms with van der Waals surface area (Å²) in [7, 11) is 1.55. The summed E-state index contributed by atoms with van der Waals surface area (Å²) in [5.41, 5.74) is -1.30. The normalized spacial score (nSPS) is 29.2. The largest absolute Gasteiger partial charge is 0.497 e. The zero-order valence-corrected chi connectivity index (χ0v) is 13.1. The van der Waals surface area contributed by atoms with Crippen molar-refractivity contribution < 1.29 is 32.2 Å². The van der Waals surface area contributed by atoms with Crippen LogP contribution >= 0.6 is 0 Å². The number of benzene rings is 1. The van der Waals surface area contributed by atoms with Crippen molar-refractivity contribution in [2.75, 3.05) is 7.11 Å². The third-order valence-electron chi connectivity index (χ3n) is 4.35. The number of ether oxygens (including phenoxy) is 3. The molecule has 0 radical (unpaired) electrons. The predicted octanol–water partition coefficient (Wildman–Crippen LogP) is 2.79. The van der Waals surface area contributed by atoms with Gasteiger partial charge in [-0.2, -0.15) is 13.2 Å². The van der Waals surface area contributed by atoms with E-state index in [1.54, 1.807) is 31.4 Å². The molecule has 1 aromatic carbocycles. The van der Waals surface area contributed by atoms with Gasteiger partial charge in [0.1, 0.15) is 17.6 Å². The van der Waals surface area contributed by atoms with E-state index in [2.05, 4.69) is 5.32 Å². The number of rotatable bonds is 4. The Labute approximate surface area is 137 Å². The highest BCUT2D eigenvalue weighted by Crippen LogP contribution is 2.39. The van der Waals surface area contributed by atoms with Crippen LogP contribution in [0.15, 0.2) is 24.3 Å². The lowest BCUT2D eigenvalue weighted by molar-refractivity contribution is -0.219. The average Bonchev–Trinajstić information content (AvgIpc) is 2.82. The minimum absolute atomic E-state index is 0.0250. The predicted molar refractivity (Wildman–Crippen MR) is 77.7 cm³/mol. The summed E-state index contributed by atoms with van der Waals surface area (Å²) >= 11 is 0. The molecule has 0 spiro atoms. The number of nitrogens with one attached hydrogen (secondary N) is 1. The number of esters is 1. The molecule has 0 aromatic heterocycles. The molecule has 5 nitrogen and oxygen atoms in total. The van der Waals surface area contributed by atoms with Crippen LogP contribution < -0.4 is 14.8 Å². The summed E-state index contributed by atoms with van der Waals surface area (Å²) in [6.07, 6.45) is -3.50. The molecule has 2 aliphatic rings. The number of piperidine rings is 1. The Hall–Kier alpha value is -1.96. The van der Waals surface area contributed by atoms with Crippen molar-refractivity contribution >= 4 is 5.97 Å². The van der Waals surface area contributed by atoms with Crippen LogP contribution in [0.25, 0.3) is 0 Å². The number of halogens is 3. The highest BCUT2D eigenvalue weighted by molar-refractivity contribution is 5.76. The lowest BCUT2D eigenvalue weighted by atomic mass is 9.99. The molecular formula is C16H18F3NO4. The van der Waals surface area contributed by atoms with E-state index in [0.29, 0.717) is 30.8 Å². The Balaban J connectivity index is 1.67. The van der Waals surface area contributed by atoms with Crippen molar-refractivity contribution in [2.45, 2.75) is 49.7 Å². The zero-order valence-electron chi connectivity index (χ0n) is 13.1. The van der Waals surface area contributed by atoms with Crippen LogP contribution in [0.5, 0.6) is 11.5 Å². The van der Waals surface area contributed by atoms with E-state index in [4.69, 9.17) is 14.2 Å². The highest BCUT2D eigenvalue weighted by Gasteiger charge is 2.53. The van der Waals surface area contributed by atoms with Gasteiger partial charge in [0.15, 0.2) is 5.72 Å². The van der Waals surface area contributed by atoms with E-state index >= 15 is 0 Å². The first kappa shape index (κ1) is 16.9. The fourth-order valence-electron chi connectivity index (χ4n) is 3.32. The third-order valence-corrected chi connectivity index (χ3v) is 4.35. The Morgan fingerprint density at radius 1 is 1.25 bits per heavy atom. The van der Waals surface area contributed by atoms with Crippen molar-refractivity contribution in [1.82, 2.24) is 5.32 Å². The second-order valence-corrected chi connectivity index (χ2v) is 6.12. The summed E-state index contributed by atoms with van der Waals surface area (Å²) in [4.78, 5) is 11.2. The maximum atomic E-state index is 12.5. The van der Waals surface area contributed by atoms with Crippen molar-refractivity contribution in [3.05, 3.63) is 24.3 Å². The van der Waals surface area contributed by atoms with Crippen LogP contribution in [-0.2, 0) is 9.53 Å². The molecule has 2 bridgehead atoms. The number of hydrogen-bond acceptors (Lipinski definition) is 5. The van der Waals surface area contributed by atoms with E-state index in [-0.39, 0.29) is 18.6 Å². The van der Waals surface area contributed by atoms with Gasteiger partial charge >= 0.3 is 12.1 Å². The minimum atomic E-state index is -5.00. The Kier molecular flexibility index (Phi) is 4.33. The molecule has 132 valence electrons. The third kappa shape index (κ3) is 3.58. The summed E-state index contributed by atoms with van der Waals surface area (Å²) in [5, 5.41) is 3.00. The average molecular weight is 345 g/mol. The molecule has 2 heterocycles. The maximum absolute atomic E-state index is 12.5. The SMILES string of the molecule is COc1ccc(OC2CC3CCC(OC(=O)C(F)(F)F)(C2)N3)cc1. The Morgan fingerprint density at radius 3 is 2.54 bits per heavy atom. The smallest absolute Gasteiger partial charge is 0.490 e. The summed E-state index contributed by atoms with van der Waals surface area (Å²) in [6, 6.07) is 6.92. The van der Waals surface area contributed by atoms with Gasteiger partial charge in [-0.05, 0) is 37.1 Å². The minimum Gasteiger partial charge on any atom is -0.497 e. The van der Waals surface area contributed by atoms with Gasteiger partial charge in [-0.15, -0.1) is 0 Å². The van der Waals surface area contributed by atoms with Gasteiger partial charge in [0, 0.05) is 18.9 Å². The van der Waals surface area contributed by atoms with Crippen LogP contribution in [0.2, 0.25) is 0 Å². The molecule has 24 heavy (non-hydrogen) atoms. The summed E-state index contributed by atoms with van der Waals surface area (Å²) in [6.45, 7) is 0. The second kappa shape index (κ2) is 6.16. The molecule has 3 rings (SSSR count). The number of hydrogen-bond donors (Lipinski definition) is 1. The molecule has 0 saturated carbocycles. The van der Waals surface area contributed by atoms with Crippen LogP contribution in [0.3, 0.4) is 0 Å². The molecule has 3 unspecified atom stereocenters. The maximum Gasteiger partial charge on any atom is 0.490 e. The number of methoxy groups -OCH3 is 1. The lowest BCUT2D eigenvalue weighted by Crippen LogP contribution is -2.56. The number of carbonyl (C=O) groups excluding carboxylic acids is 1. The molecule has 1 aromatic rings. The van der Waals surface area contributed by atoms with Crippen molar-refractivity contribution in [3.8, 4) is 11.5 Å². The highest BCUT2D eigenvalue weighted by atomic mass is 19.4. The molecule has 2 fully saturated rings. The Morgan fingerprint density at radius 2 is 1.92 bits per heavy atom. The second-order valence-electron chi connectivity index (χ2n) is 6.12. The van der Waals surface area contributed by atoms with Gasteiger partial charge in [-0.1, -0.05) is 0 Å². The van der Waals surface area contributed by atoms with E-state index in [1.807, 2.05) is 0 Å². The van der Waals surface area contributed by atoms with Gasteiger partial charge in [0.05, 0.1) is 7.11 Å². The fourth-order valence-corrected chi connectivity index (χ4v) is 3.32. The van der Waals surface area contributed by atoms with Gasteiger partial charge < -0.3 is 14.2 Å². The van der Waals surface area contributed by atoms with Crippen molar-refractivity contribution in [2.24, 2.45) is 0 Å². The van der Waals surface area contributed by atoms with Crippen LogP contribution in [0, 0.1) is 0 Å². The summed E-state index contributed by atoms with van der Waals surface area (Å²) < 4.78 is 53.2. The lowest BCUT2D eigenvalue weighted by Gasteiger charge is -2.38. The molecule has 2 aliphatic heterocycles. The van der Waals surface area contributed by atoms with Gasteiger partial charge in [0.2, 0.25) is 0 Å². The summed E-state index contributed by atoms with van der Waals surface area (Å²) in [5.74, 6) is -0.886. The van der Waals surface area contributed by atoms with Gasteiger partial charge in [-0.3, -0.25) is 5.32 Å². The monoisotopic (exact) mass is 345 g/mol. The first-order valence-electron chi connectivity index (χ1n) is 7.68. The number of carbonyl (C=O) groups is 1. The number of fused-ring (bicyclic) bond motifs is 2. The molecule has 2 saturated heterocycles. The van der Waals surface area contributed by atoms with Crippen LogP contribution in [0.1, 0.15) is 25.7 Å². The van der Waals surface area contributed by atoms with Gasteiger partial charge in [-0.25, -0.2) is 4.79 Å². The molecule has 0 amide bonds. The van der Waals surface area contributed by atoms with Crippen LogP contribution in [-0.4, -0.2) is 37.1 Å². The van der Waals surface area contributed by atoms with Crippen molar-refractivity contribution in [3.63, 3.8) is 0 Å². The quantitative estimate of drug-likeness (QED) is 0.851. The van der Waals surface area contributed by atoms with Crippen LogP contribution in [0.4, 0.5) is 13.2 Å². The van der Waals surface area contributed by atoms with E-state index in [9.17, 15) is 18.0 Å².